The number of anilines is 1. The van der Waals surface area contributed by atoms with Crippen molar-refractivity contribution in [2.75, 3.05) is 26.0 Å². The van der Waals surface area contributed by atoms with E-state index in [1.807, 2.05) is 30.3 Å². The molecule has 0 fully saturated rings. The smallest absolute Gasteiger partial charge is 0.411 e. The van der Waals surface area contributed by atoms with Crippen molar-refractivity contribution in [2.45, 2.75) is 19.4 Å². The van der Waals surface area contributed by atoms with Gasteiger partial charge in [-0.05, 0) is 29.2 Å². The highest BCUT2D eigenvalue weighted by atomic mass is 127. The zero-order chi connectivity index (χ0) is 18.8. The number of carbonyl (C=O) groups is 1. The standard InChI is InChI=1S/C20H26N4O2.HI/c1-15(17-7-5-4-6-8-17)13-22-19(21-2)23-14-16-9-11-18(12-10-16)24-20(25)26-3;/h4-12,15H,13-14H2,1-3H3,(H,24,25)(H2,21,22,23);1H. The van der Waals surface area contributed by atoms with Crippen LogP contribution in [0.4, 0.5) is 10.5 Å². The molecular formula is C20H27IN4O2. The van der Waals surface area contributed by atoms with Gasteiger partial charge in [0.05, 0.1) is 7.11 Å². The van der Waals surface area contributed by atoms with E-state index in [1.165, 1.54) is 12.7 Å². The maximum Gasteiger partial charge on any atom is 0.411 e. The van der Waals surface area contributed by atoms with Gasteiger partial charge in [-0.3, -0.25) is 10.3 Å². The van der Waals surface area contributed by atoms with Crippen LogP contribution in [-0.2, 0) is 11.3 Å². The van der Waals surface area contributed by atoms with E-state index in [1.54, 1.807) is 7.05 Å². The quantitative estimate of drug-likeness (QED) is 0.331. The molecule has 6 nitrogen and oxygen atoms in total. The summed E-state index contributed by atoms with van der Waals surface area (Å²) in [5.41, 5.74) is 3.07. The van der Waals surface area contributed by atoms with Crippen molar-refractivity contribution < 1.29 is 9.53 Å². The molecule has 146 valence electrons. The first-order valence-electron chi connectivity index (χ1n) is 8.55. The number of hydrogen-bond acceptors (Lipinski definition) is 3. The van der Waals surface area contributed by atoms with Crippen LogP contribution >= 0.6 is 24.0 Å². The van der Waals surface area contributed by atoms with Gasteiger partial charge in [-0.2, -0.15) is 0 Å². The molecule has 0 saturated carbocycles. The minimum atomic E-state index is -0.479. The number of halogens is 1. The van der Waals surface area contributed by atoms with E-state index in [2.05, 4.69) is 56.9 Å². The van der Waals surface area contributed by atoms with Gasteiger partial charge in [0, 0.05) is 25.8 Å². The number of aliphatic imine (C=N–C) groups is 1. The number of methoxy groups -OCH3 is 1. The summed E-state index contributed by atoms with van der Waals surface area (Å²) in [6, 6.07) is 17.9. The van der Waals surface area contributed by atoms with Crippen molar-refractivity contribution >= 4 is 41.7 Å². The van der Waals surface area contributed by atoms with E-state index in [0.717, 1.165) is 18.1 Å². The van der Waals surface area contributed by atoms with E-state index in [-0.39, 0.29) is 24.0 Å². The van der Waals surface area contributed by atoms with Crippen LogP contribution in [0.2, 0.25) is 0 Å². The van der Waals surface area contributed by atoms with Gasteiger partial charge in [0.25, 0.3) is 0 Å². The lowest BCUT2D eigenvalue weighted by Gasteiger charge is -2.16. The van der Waals surface area contributed by atoms with Crippen LogP contribution in [0, 0.1) is 0 Å². The molecule has 27 heavy (non-hydrogen) atoms. The lowest BCUT2D eigenvalue weighted by atomic mass is 10.0. The SMILES string of the molecule is CN=C(NCc1ccc(NC(=O)OC)cc1)NCC(C)c1ccccc1.I. The maximum absolute atomic E-state index is 11.2. The van der Waals surface area contributed by atoms with Crippen LogP contribution in [-0.4, -0.2) is 32.8 Å². The Balaban J connectivity index is 0.00000364. The van der Waals surface area contributed by atoms with Crippen molar-refractivity contribution in [2.24, 2.45) is 4.99 Å². The summed E-state index contributed by atoms with van der Waals surface area (Å²) < 4.78 is 4.57. The summed E-state index contributed by atoms with van der Waals surface area (Å²) in [5, 5.41) is 9.26. The molecule has 0 radical (unpaired) electrons. The lowest BCUT2D eigenvalue weighted by Crippen LogP contribution is -2.38. The van der Waals surface area contributed by atoms with Crippen LogP contribution in [0.5, 0.6) is 0 Å². The number of carbonyl (C=O) groups excluding carboxylic acids is 1. The molecule has 1 atom stereocenters. The van der Waals surface area contributed by atoms with Gasteiger partial charge in [-0.1, -0.05) is 49.4 Å². The Morgan fingerprint density at radius 2 is 1.74 bits per heavy atom. The van der Waals surface area contributed by atoms with Gasteiger partial charge in [0.1, 0.15) is 0 Å². The predicted octanol–water partition coefficient (Wildman–Crippen LogP) is 3.95. The van der Waals surface area contributed by atoms with Crippen molar-refractivity contribution in [1.29, 1.82) is 0 Å². The Labute approximate surface area is 177 Å². The van der Waals surface area contributed by atoms with Gasteiger partial charge in [-0.25, -0.2) is 4.79 Å². The van der Waals surface area contributed by atoms with E-state index >= 15 is 0 Å². The second-order valence-corrected chi connectivity index (χ2v) is 5.93. The number of guanidine groups is 1. The van der Waals surface area contributed by atoms with E-state index in [0.29, 0.717) is 18.2 Å². The molecule has 7 heteroatoms. The van der Waals surface area contributed by atoms with Crippen molar-refractivity contribution in [3.8, 4) is 0 Å². The highest BCUT2D eigenvalue weighted by Gasteiger charge is 2.06. The number of amides is 1. The van der Waals surface area contributed by atoms with Crippen molar-refractivity contribution in [3.63, 3.8) is 0 Å². The number of rotatable bonds is 6. The Hall–Kier alpha value is -2.29. The fourth-order valence-electron chi connectivity index (χ4n) is 2.43. The molecular weight excluding hydrogens is 455 g/mol. The normalized spacial score (nSPS) is 11.7. The molecule has 2 rings (SSSR count). The third kappa shape index (κ3) is 7.86. The van der Waals surface area contributed by atoms with Crippen LogP contribution in [0.3, 0.4) is 0 Å². The molecule has 0 aromatic heterocycles. The fraction of sp³-hybridized carbons (Fsp3) is 0.300. The number of ether oxygens (including phenoxy) is 1. The number of benzene rings is 2. The van der Waals surface area contributed by atoms with E-state index < -0.39 is 6.09 Å². The Bertz CT molecular complexity index is 721. The Morgan fingerprint density at radius 3 is 2.33 bits per heavy atom. The lowest BCUT2D eigenvalue weighted by molar-refractivity contribution is 0.187. The average molecular weight is 482 g/mol. The highest BCUT2D eigenvalue weighted by molar-refractivity contribution is 14.0. The topological polar surface area (TPSA) is 74.8 Å². The first kappa shape index (κ1) is 22.8. The zero-order valence-electron chi connectivity index (χ0n) is 15.9. The van der Waals surface area contributed by atoms with Gasteiger partial charge in [0.2, 0.25) is 0 Å². The highest BCUT2D eigenvalue weighted by Crippen LogP contribution is 2.13. The number of nitrogens with zero attached hydrogens (tertiary/aromatic N) is 1. The molecule has 0 bridgehead atoms. The van der Waals surface area contributed by atoms with Crippen LogP contribution in [0.25, 0.3) is 0 Å². The third-order valence-corrected chi connectivity index (χ3v) is 4.01. The molecule has 0 aliphatic heterocycles. The van der Waals surface area contributed by atoms with Gasteiger partial charge in [0.15, 0.2) is 5.96 Å². The maximum atomic E-state index is 11.2. The monoisotopic (exact) mass is 482 g/mol. The van der Waals surface area contributed by atoms with Gasteiger partial charge < -0.3 is 15.4 Å². The van der Waals surface area contributed by atoms with Crippen LogP contribution < -0.4 is 16.0 Å². The summed E-state index contributed by atoms with van der Waals surface area (Å²) in [6.07, 6.45) is -0.479. The first-order valence-corrected chi connectivity index (χ1v) is 8.55. The van der Waals surface area contributed by atoms with Crippen molar-refractivity contribution in [1.82, 2.24) is 10.6 Å². The number of hydrogen-bond donors (Lipinski definition) is 3. The molecule has 0 heterocycles. The van der Waals surface area contributed by atoms with E-state index in [9.17, 15) is 4.79 Å². The summed E-state index contributed by atoms with van der Waals surface area (Å²) in [7, 11) is 3.09. The molecule has 1 unspecified atom stereocenters. The van der Waals surface area contributed by atoms with Crippen LogP contribution in [0.1, 0.15) is 24.0 Å². The minimum Gasteiger partial charge on any atom is -0.453 e. The minimum absolute atomic E-state index is 0. The summed E-state index contributed by atoms with van der Waals surface area (Å²) in [4.78, 5) is 15.4. The fourth-order valence-corrected chi connectivity index (χ4v) is 2.43. The summed E-state index contributed by atoms with van der Waals surface area (Å²) in [5.74, 6) is 1.14. The molecule has 2 aromatic carbocycles. The summed E-state index contributed by atoms with van der Waals surface area (Å²) >= 11 is 0. The van der Waals surface area contributed by atoms with Gasteiger partial charge >= 0.3 is 6.09 Å². The molecule has 2 aromatic rings. The largest absolute Gasteiger partial charge is 0.453 e. The Morgan fingerprint density at radius 1 is 1.07 bits per heavy atom. The Kier molecular flexibility index (Phi) is 10.2. The molecule has 1 amide bonds. The molecule has 3 N–H and O–H groups in total. The predicted molar refractivity (Wildman–Crippen MR) is 121 cm³/mol. The summed E-state index contributed by atoms with van der Waals surface area (Å²) in [6.45, 7) is 3.62. The molecule has 0 aliphatic rings. The third-order valence-electron chi connectivity index (χ3n) is 4.01. The second kappa shape index (κ2) is 12.2. The molecule has 0 saturated heterocycles. The first-order chi connectivity index (χ1) is 12.6. The number of nitrogens with one attached hydrogen (secondary N) is 3. The average Bonchev–Trinajstić information content (AvgIpc) is 2.69. The second-order valence-electron chi connectivity index (χ2n) is 5.93. The zero-order valence-corrected chi connectivity index (χ0v) is 18.2. The molecule has 0 spiro atoms. The van der Waals surface area contributed by atoms with Crippen LogP contribution in [0.15, 0.2) is 59.6 Å². The van der Waals surface area contributed by atoms with Crippen molar-refractivity contribution in [3.05, 3.63) is 65.7 Å². The molecule has 0 aliphatic carbocycles. The van der Waals surface area contributed by atoms with E-state index in [4.69, 9.17) is 0 Å². The van der Waals surface area contributed by atoms with Gasteiger partial charge in [-0.15, -0.1) is 24.0 Å².